The van der Waals surface area contributed by atoms with Gasteiger partial charge in [-0.25, -0.2) is 9.59 Å². The van der Waals surface area contributed by atoms with Crippen molar-refractivity contribution in [2.24, 2.45) is 0 Å². The molecular formula is C16H22N2O7. The number of rotatable bonds is 6. The molecule has 0 spiro atoms. The normalized spacial score (nSPS) is 13.5. The Bertz CT molecular complexity index is 622. The summed E-state index contributed by atoms with van der Waals surface area (Å²) < 4.78 is 9.94. The summed E-state index contributed by atoms with van der Waals surface area (Å²) in [4.78, 5) is 34.1. The van der Waals surface area contributed by atoms with Gasteiger partial charge in [-0.1, -0.05) is 0 Å². The summed E-state index contributed by atoms with van der Waals surface area (Å²) in [6, 6.07) is 3.55. The predicted molar refractivity (Wildman–Crippen MR) is 87.8 cm³/mol. The molecular weight excluding hydrogens is 332 g/mol. The molecule has 9 nitrogen and oxygen atoms in total. The highest BCUT2D eigenvalue weighted by Gasteiger charge is 2.32. The first kappa shape index (κ1) is 20.4. The lowest BCUT2D eigenvalue weighted by Crippen LogP contribution is -2.47. The molecule has 0 unspecified atom stereocenters. The number of benzene rings is 1. The van der Waals surface area contributed by atoms with Gasteiger partial charge in [0.1, 0.15) is 11.7 Å². The van der Waals surface area contributed by atoms with Crippen molar-refractivity contribution in [2.45, 2.75) is 45.4 Å². The van der Waals surface area contributed by atoms with Gasteiger partial charge in [0.05, 0.1) is 11.5 Å². The van der Waals surface area contributed by atoms with Gasteiger partial charge >= 0.3 is 12.1 Å². The van der Waals surface area contributed by atoms with E-state index < -0.39 is 34.7 Å². The molecule has 0 aliphatic rings. The van der Waals surface area contributed by atoms with Gasteiger partial charge in [0.25, 0.3) is 5.69 Å². The van der Waals surface area contributed by atoms with Crippen LogP contribution in [0.5, 0.6) is 0 Å². The fourth-order valence-corrected chi connectivity index (χ4v) is 1.92. The van der Waals surface area contributed by atoms with Crippen LogP contribution in [0, 0.1) is 10.1 Å². The van der Waals surface area contributed by atoms with Crippen molar-refractivity contribution >= 4 is 17.7 Å². The van der Waals surface area contributed by atoms with Gasteiger partial charge in [0, 0.05) is 12.1 Å². The molecule has 0 saturated heterocycles. The fraction of sp³-hybridized carbons (Fsp3) is 0.500. The number of amides is 1. The fourth-order valence-electron chi connectivity index (χ4n) is 1.92. The van der Waals surface area contributed by atoms with E-state index in [9.17, 15) is 24.8 Å². The van der Waals surface area contributed by atoms with E-state index in [1.54, 1.807) is 27.7 Å². The Hall–Kier alpha value is -2.68. The van der Waals surface area contributed by atoms with Crippen LogP contribution in [0.4, 0.5) is 10.5 Å². The second-order valence-electron chi connectivity index (χ2n) is 6.17. The van der Waals surface area contributed by atoms with E-state index in [0.717, 1.165) is 0 Å². The molecule has 0 radical (unpaired) electrons. The van der Waals surface area contributed by atoms with E-state index in [1.807, 2.05) is 0 Å². The van der Waals surface area contributed by atoms with E-state index in [0.29, 0.717) is 0 Å². The van der Waals surface area contributed by atoms with Crippen molar-refractivity contribution in [3.8, 4) is 0 Å². The number of hydrogen-bond acceptors (Lipinski definition) is 7. The van der Waals surface area contributed by atoms with Crippen LogP contribution in [0.15, 0.2) is 24.3 Å². The lowest BCUT2D eigenvalue weighted by atomic mass is 10.0. The summed E-state index contributed by atoms with van der Waals surface area (Å²) in [5.74, 6) is -0.848. The van der Waals surface area contributed by atoms with E-state index in [-0.39, 0.29) is 17.9 Å². The highest BCUT2D eigenvalue weighted by Crippen LogP contribution is 2.21. The summed E-state index contributed by atoms with van der Waals surface area (Å²) in [6.07, 6.45) is -2.36. The van der Waals surface area contributed by atoms with Crippen molar-refractivity contribution < 1.29 is 29.1 Å². The molecule has 1 aromatic carbocycles. The average molecular weight is 354 g/mol. The van der Waals surface area contributed by atoms with Crippen molar-refractivity contribution in [3.63, 3.8) is 0 Å². The lowest BCUT2D eigenvalue weighted by Gasteiger charge is -2.25. The Morgan fingerprint density at radius 1 is 1.28 bits per heavy atom. The summed E-state index contributed by atoms with van der Waals surface area (Å²) in [5, 5.41) is 23.4. The van der Waals surface area contributed by atoms with Gasteiger partial charge in [0.15, 0.2) is 6.04 Å². The number of nitrogens with one attached hydrogen (secondary N) is 1. The molecule has 138 valence electrons. The quantitative estimate of drug-likeness (QED) is 0.455. The molecule has 0 aliphatic carbocycles. The largest absolute Gasteiger partial charge is 0.464 e. The minimum atomic E-state index is -1.47. The number of non-ortho nitro benzene ring substituents is 1. The van der Waals surface area contributed by atoms with Crippen LogP contribution in [0.2, 0.25) is 0 Å². The highest BCUT2D eigenvalue weighted by molar-refractivity contribution is 5.82. The molecule has 0 aliphatic heterocycles. The molecule has 0 bridgehead atoms. The van der Waals surface area contributed by atoms with Gasteiger partial charge < -0.3 is 19.9 Å². The highest BCUT2D eigenvalue weighted by atomic mass is 16.6. The van der Waals surface area contributed by atoms with Gasteiger partial charge in [-0.05, 0) is 45.4 Å². The van der Waals surface area contributed by atoms with Crippen LogP contribution in [0.3, 0.4) is 0 Å². The number of aliphatic hydroxyl groups excluding tert-OH is 1. The second-order valence-corrected chi connectivity index (χ2v) is 6.17. The summed E-state index contributed by atoms with van der Waals surface area (Å²) in [6.45, 7) is 6.59. The Labute approximate surface area is 145 Å². The van der Waals surface area contributed by atoms with Crippen molar-refractivity contribution in [1.82, 2.24) is 5.32 Å². The third-order valence-corrected chi connectivity index (χ3v) is 2.97. The number of carbonyl (C=O) groups excluding carboxylic acids is 2. The lowest BCUT2D eigenvalue weighted by molar-refractivity contribution is -0.384. The molecule has 0 fully saturated rings. The number of hydrogen-bond donors (Lipinski definition) is 2. The maximum absolute atomic E-state index is 12.1. The topological polar surface area (TPSA) is 128 Å². The zero-order chi connectivity index (χ0) is 19.2. The number of carbonyl (C=O) groups is 2. The number of nitrogens with zero attached hydrogens (tertiary/aromatic N) is 1. The average Bonchev–Trinajstić information content (AvgIpc) is 2.50. The molecule has 0 heterocycles. The Morgan fingerprint density at radius 3 is 2.28 bits per heavy atom. The molecule has 0 saturated carbocycles. The Balaban J connectivity index is 2.99. The van der Waals surface area contributed by atoms with Crippen LogP contribution in [0.25, 0.3) is 0 Å². The minimum Gasteiger partial charge on any atom is -0.464 e. The van der Waals surface area contributed by atoms with Crippen LogP contribution in [0.1, 0.15) is 39.4 Å². The van der Waals surface area contributed by atoms with Gasteiger partial charge in [-0.2, -0.15) is 0 Å². The number of esters is 1. The zero-order valence-corrected chi connectivity index (χ0v) is 14.5. The van der Waals surface area contributed by atoms with Gasteiger partial charge in [-0.15, -0.1) is 0 Å². The Kier molecular flexibility index (Phi) is 6.86. The SMILES string of the molecule is CCOC(=O)[C@H](NC(=O)OC(C)(C)C)[C@@H](O)c1ccc([N+](=O)[O-])cc1. The first-order valence-corrected chi connectivity index (χ1v) is 7.63. The predicted octanol–water partition coefficient (Wildman–Crippen LogP) is 2.08. The number of ether oxygens (including phenoxy) is 2. The van der Waals surface area contributed by atoms with Crippen LogP contribution in [-0.4, -0.2) is 40.3 Å². The van der Waals surface area contributed by atoms with E-state index in [4.69, 9.17) is 9.47 Å². The van der Waals surface area contributed by atoms with Crippen LogP contribution >= 0.6 is 0 Å². The zero-order valence-electron chi connectivity index (χ0n) is 14.5. The number of nitro groups is 1. The van der Waals surface area contributed by atoms with Crippen molar-refractivity contribution in [1.29, 1.82) is 0 Å². The van der Waals surface area contributed by atoms with Crippen molar-refractivity contribution in [3.05, 3.63) is 39.9 Å². The number of nitro benzene ring substituents is 1. The Morgan fingerprint density at radius 2 is 1.84 bits per heavy atom. The van der Waals surface area contributed by atoms with Gasteiger partial charge in [-0.3, -0.25) is 10.1 Å². The molecule has 1 rings (SSSR count). The van der Waals surface area contributed by atoms with Crippen LogP contribution < -0.4 is 5.32 Å². The minimum absolute atomic E-state index is 0.0539. The van der Waals surface area contributed by atoms with E-state index in [2.05, 4.69) is 5.32 Å². The molecule has 1 amide bonds. The van der Waals surface area contributed by atoms with Crippen LogP contribution in [-0.2, 0) is 14.3 Å². The summed E-state index contributed by atoms with van der Waals surface area (Å²) in [5.41, 5.74) is -0.745. The molecule has 2 N–H and O–H groups in total. The molecule has 0 aromatic heterocycles. The van der Waals surface area contributed by atoms with Gasteiger partial charge in [0.2, 0.25) is 0 Å². The molecule has 1 aromatic rings. The summed E-state index contributed by atoms with van der Waals surface area (Å²) >= 11 is 0. The maximum Gasteiger partial charge on any atom is 0.408 e. The standard InChI is InChI=1S/C16H22N2O7/c1-5-24-14(20)12(17-15(21)25-16(2,3)4)13(19)10-6-8-11(9-7-10)18(22)23/h6-9,12-13,19H,5H2,1-4H3,(H,17,21)/t12-,13+/m1/s1. The van der Waals surface area contributed by atoms with E-state index in [1.165, 1.54) is 24.3 Å². The second kappa shape index (κ2) is 8.43. The monoisotopic (exact) mass is 354 g/mol. The molecule has 25 heavy (non-hydrogen) atoms. The first-order valence-electron chi connectivity index (χ1n) is 7.63. The third kappa shape index (κ3) is 6.38. The molecule has 2 atom stereocenters. The van der Waals surface area contributed by atoms with Crippen molar-refractivity contribution in [2.75, 3.05) is 6.61 Å². The maximum atomic E-state index is 12.1. The number of aliphatic hydroxyl groups is 1. The smallest absolute Gasteiger partial charge is 0.408 e. The first-order chi connectivity index (χ1) is 11.5. The summed E-state index contributed by atoms with van der Waals surface area (Å²) in [7, 11) is 0. The third-order valence-electron chi connectivity index (χ3n) is 2.97. The number of alkyl carbamates (subject to hydrolysis) is 1. The molecule has 9 heteroatoms. The van der Waals surface area contributed by atoms with E-state index >= 15 is 0 Å².